The molecule has 0 radical (unpaired) electrons. The van der Waals surface area contributed by atoms with Crippen LogP contribution in [0.2, 0.25) is 0 Å². The predicted molar refractivity (Wildman–Crippen MR) is 73.2 cm³/mol. The van der Waals surface area contributed by atoms with Crippen LogP contribution in [-0.4, -0.2) is 42.6 Å². The molecule has 1 atom stereocenters. The van der Waals surface area contributed by atoms with E-state index in [-0.39, 0.29) is 24.6 Å². The summed E-state index contributed by atoms with van der Waals surface area (Å²) in [6.07, 6.45) is -2.61. The Kier molecular flexibility index (Phi) is 6.48. The minimum absolute atomic E-state index is 0. The molecule has 2 N–H and O–H groups in total. The molecule has 2 rings (SSSR count). The number of hydrogen-bond acceptors (Lipinski definition) is 3. The van der Waals surface area contributed by atoms with Gasteiger partial charge in [-0.2, -0.15) is 0 Å². The Morgan fingerprint density at radius 3 is 2.42 bits per heavy atom. The topological polar surface area (TPSA) is 35.5 Å². The van der Waals surface area contributed by atoms with E-state index in [1.165, 1.54) is 0 Å². The van der Waals surface area contributed by atoms with Gasteiger partial charge < -0.3 is 10.4 Å². The summed E-state index contributed by atoms with van der Waals surface area (Å²) in [6, 6.07) is 6.35. The van der Waals surface area contributed by atoms with E-state index < -0.39 is 12.5 Å². The Morgan fingerprint density at radius 1 is 1.21 bits per heavy atom. The smallest absolute Gasteiger partial charge is 0.240 e. The number of aromatic hydroxyl groups is 1. The fourth-order valence-electron chi connectivity index (χ4n) is 2.40. The molecule has 1 aromatic rings. The second kappa shape index (κ2) is 7.62. The zero-order chi connectivity index (χ0) is 13.0. The van der Waals surface area contributed by atoms with Crippen LogP contribution < -0.4 is 5.32 Å². The molecule has 0 spiro atoms. The Bertz CT molecular complexity index is 387. The Labute approximate surface area is 118 Å². The summed E-state index contributed by atoms with van der Waals surface area (Å²) in [5.74, 6) is 0.0988. The van der Waals surface area contributed by atoms with Crippen molar-refractivity contribution < 1.29 is 13.9 Å². The monoisotopic (exact) mass is 292 g/mol. The van der Waals surface area contributed by atoms with Crippen molar-refractivity contribution >= 4 is 12.4 Å². The lowest BCUT2D eigenvalue weighted by atomic mass is 10.0. The molecule has 3 nitrogen and oxygen atoms in total. The average Bonchev–Trinajstić information content (AvgIpc) is 2.38. The van der Waals surface area contributed by atoms with Crippen LogP contribution in [0.4, 0.5) is 8.78 Å². The van der Waals surface area contributed by atoms with Gasteiger partial charge in [-0.1, -0.05) is 18.2 Å². The Hall–Kier alpha value is -0.910. The van der Waals surface area contributed by atoms with Crippen LogP contribution in [0.15, 0.2) is 24.3 Å². The zero-order valence-corrected chi connectivity index (χ0v) is 11.4. The highest BCUT2D eigenvalue weighted by molar-refractivity contribution is 5.85. The third kappa shape index (κ3) is 4.30. The van der Waals surface area contributed by atoms with E-state index in [1.54, 1.807) is 24.3 Å². The minimum atomic E-state index is -2.37. The third-order valence-corrected chi connectivity index (χ3v) is 3.29. The van der Waals surface area contributed by atoms with Crippen molar-refractivity contribution in [1.29, 1.82) is 0 Å². The number of rotatable bonds is 4. The number of benzene rings is 1. The molecule has 1 aliphatic rings. The van der Waals surface area contributed by atoms with Gasteiger partial charge in [0.25, 0.3) is 0 Å². The second-order valence-corrected chi connectivity index (χ2v) is 4.49. The molecule has 1 fully saturated rings. The van der Waals surface area contributed by atoms with Crippen LogP contribution >= 0.6 is 12.4 Å². The minimum Gasteiger partial charge on any atom is -0.508 e. The predicted octanol–water partition coefficient (Wildman–Crippen LogP) is 2.42. The van der Waals surface area contributed by atoms with Gasteiger partial charge in [0.2, 0.25) is 6.43 Å². The fraction of sp³-hybridized carbons (Fsp3) is 0.538. The second-order valence-electron chi connectivity index (χ2n) is 4.49. The van der Waals surface area contributed by atoms with Gasteiger partial charge >= 0.3 is 0 Å². The van der Waals surface area contributed by atoms with Gasteiger partial charge in [0, 0.05) is 44.2 Å². The van der Waals surface area contributed by atoms with Crippen LogP contribution in [0.1, 0.15) is 18.0 Å². The summed E-state index contributed by atoms with van der Waals surface area (Å²) in [5.41, 5.74) is 0.597. The van der Waals surface area contributed by atoms with Gasteiger partial charge in [0.15, 0.2) is 0 Å². The maximum absolute atomic E-state index is 12.7. The third-order valence-electron chi connectivity index (χ3n) is 3.29. The van der Waals surface area contributed by atoms with Crippen molar-refractivity contribution in [1.82, 2.24) is 10.2 Å². The fourth-order valence-corrected chi connectivity index (χ4v) is 2.40. The van der Waals surface area contributed by atoms with Crippen molar-refractivity contribution in [2.24, 2.45) is 0 Å². The Balaban J connectivity index is 0.00000180. The standard InChI is InChI=1S/C13H18F2N2O.ClH/c14-13(15)9-11(17-7-5-16-6-8-17)10-3-1-2-4-12(10)18;/h1-4,11,13,16,18H,5-9H2;1H/t11-;/m1./s1. The SMILES string of the molecule is Cl.Oc1ccccc1[C@@H](CC(F)F)N1CCNCC1. The number of piperazine rings is 1. The van der Waals surface area contributed by atoms with Gasteiger partial charge in [-0.3, -0.25) is 4.90 Å². The van der Waals surface area contributed by atoms with Gasteiger partial charge in [-0.15, -0.1) is 12.4 Å². The van der Waals surface area contributed by atoms with E-state index in [2.05, 4.69) is 5.32 Å². The summed E-state index contributed by atoms with van der Waals surface area (Å²) < 4.78 is 25.5. The highest BCUT2D eigenvalue weighted by atomic mass is 35.5. The molecule has 0 aliphatic carbocycles. The summed E-state index contributed by atoms with van der Waals surface area (Å²) in [7, 11) is 0. The first-order valence-corrected chi connectivity index (χ1v) is 6.19. The molecule has 1 heterocycles. The van der Waals surface area contributed by atoms with E-state index in [0.717, 1.165) is 26.2 Å². The molecule has 0 unspecified atom stereocenters. The molecule has 1 aromatic carbocycles. The summed E-state index contributed by atoms with van der Waals surface area (Å²) in [6.45, 7) is 3.05. The molecule has 0 bridgehead atoms. The average molecular weight is 293 g/mol. The molecule has 108 valence electrons. The highest BCUT2D eigenvalue weighted by Gasteiger charge is 2.27. The first kappa shape index (κ1) is 16.1. The van der Waals surface area contributed by atoms with Crippen LogP contribution in [-0.2, 0) is 0 Å². The number of nitrogens with one attached hydrogen (secondary N) is 1. The molecule has 1 aliphatic heterocycles. The van der Waals surface area contributed by atoms with Crippen molar-refractivity contribution in [3.05, 3.63) is 29.8 Å². The van der Waals surface area contributed by atoms with E-state index in [1.807, 2.05) is 4.90 Å². The number of nitrogens with zero attached hydrogens (tertiary/aromatic N) is 1. The molecule has 1 saturated heterocycles. The summed E-state index contributed by atoms with van der Waals surface area (Å²) >= 11 is 0. The lowest BCUT2D eigenvalue weighted by molar-refractivity contribution is 0.0730. The lowest BCUT2D eigenvalue weighted by Gasteiger charge is -2.35. The molecule has 0 amide bonds. The normalized spacial score (nSPS) is 18.1. The van der Waals surface area contributed by atoms with Gasteiger partial charge in [0.1, 0.15) is 5.75 Å². The molecular weight excluding hydrogens is 274 g/mol. The van der Waals surface area contributed by atoms with Crippen molar-refractivity contribution in [3.8, 4) is 5.75 Å². The Morgan fingerprint density at radius 2 is 1.84 bits per heavy atom. The number of phenols is 1. The summed E-state index contributed by atoms with van der Waals surface area (Å²) in [5, 5.41) is 13.0. The number of para-hydroxylation sites is 1. The quantitative estimate of drug-likeness (QED) is 0.895. The summed E-state index contributed by atoms with van der Waals surface area (Å²) in [4.78, 5) is 2.01. The molecular formula is C13H19ClF2N2O. The van der Waals surface area contributed by atoms with Crippen molar-refractivity contribution in [2.75, 3.05) is 26.2 Å². The number of halogens is 3. The molecule has 6 heteroatoms. The van der Waals surface area contributed by atoms with Crippen LogP contribution in [0.25, 0.3) is 0 Å². The first-order chi connectivity index (χ1) is 8.68. The van der Waals surface area contributed by atoms with Crippen LogP contribution in [0.3, 0.4) is 0 Å². The molecule has 0 saturated carbocycles. The van der Waals surface area contributed by atoms with E-state index in [4.69, 9.17) is 0 Å². The van der Waals surface area contributed by atoms with E-state index >= 15 is 0 Å². The van der Waals surface area contributed by atoms with Gasteiger partial charge in [-0.05, 0) is 6.07 Å². The van der Waals surface area contributed by atoms with Crippen molar-refractivity contribution in [2.45, 2.75) is 18.9 Å². The number of alkyl halides is 2. The maximum Gasteiger partial charge on any atom is 0.240 e. The maximum atomic E-state index is 12.7. The lowest BCUT2D eigenvalue weighted by Crippen LogP contribution is -2.45. The van der Waals surface area contributed by atoms with Gasteiger partial charge in [-0.25, -0.2) is 8.78 Å². The van der Waals surface area contributed by atoms with E-state index in [0.29, 0.717) is 5.56 Å². The number of phenolic OH excluding ortho intramolecular Hbond substituents is 1. The first-order valence-electron chi connectivity index (χ1n) is 6.19. The number of hydrogen-bond donors (Lipinski definition) is 2. The molecule has 0 aromatic heterocycles. The van der Waals surface area contributed by atoms with E-state index in [9.17, 15) is 13.9 Å². The highest BCUT2D eigenvalue weighted by Crippen LogP contribution is 2.32. The van der Waals surface area contributed by atoms with Gasteiger partial charge in [0.05, 0.1) is 0 Å². The molecule has 19 heavy (non-hydrogen) atoms. The largest absolute Gasteiger partial charge is 0.508 e. The van der Waals surface area contributed by atoms with Crippen LogP contribution in [0, 0.1) is 0 Å². The van der Waals surface area contributed by atoms with Crippen molar-refractivity contribution in [3.63, 3.8) is 0 Å². The van der Waals surface area contributed by atoms with Crippen LogP contribution in [0.5, 0.6) is 5.75 Å². The zero-order valence-electron chi connectivity index (χ0n) is 10.6.